The fourth-order valence-corrected chi connectivity index (χ4v) is 1.53. The van der Waals surface area contributed by atoms with Gasteiger partial charge in [-0.05, 0) is 14.0 Å². The minimum Gasteiger partial charge on any atom is -0.316 e. The van der Waals surface area contributed by atoms with Crippen LogP contribution in [-0.4, -0.2) is 26.8 Å². The Labute approximate surface area is 107 Å². The summed E-state index contributed by atoms with van der Waals surface area (Å²) in [5, 5.41) is 6.58. The maximum atomic E-state index is 12.5. The fraction of sp³-hybridized carbons (Fsp3) is 0.364. The SMILES string of the molecule is CNCc1cnc(-n2cc(C(F)(F)F)cn2)nc1C. The average Bonchev–Trinajstić information content (AvgIpc) is 2.81. The lowest BCUT2D eigenvalue weighted by molar-refractivity contribution is -0.137. The highest BCUT2D eigenvalue weighted by molar-refractivity contribution is 5.22. The van der Waals surface area contributed by atoms with Crippen molar-refractivity contribution in [1.29, 1.82) is 0 Å². The van der Waals surface area contributed by atoms with E-state index in [1.807, 2.05) is 0 Å². The van der Waals surface area contributed by atoms with E-state index >= 15 is 0 Å². The molecule has 2 heterocycles. The summed E-state index contributed by atoms with van der Waals surface area (Å²) in [5.41, 5.74) is 0.755. The van der Waals surface area contributed by atoms with Crippen LogP contribution < -0.4 is 5.32 Å². The van der Waals surface area contributed by atoms with E-state index in [0.717, 1.165) is 22.6 Å². The van der Waals surface area contributed by atoms with Crippen LogP contribution in [0.4, 0.5) is 13.2 Å². The van der Waals surface area contributed by atoms with Gasteiger partial charge in [0.2, 0.25) is 0 Å². The molecule has 0 bridgehead atoms. The summed E-state index contributed by atoms with van der Waals surface area (Å²) in [7, 11) is 1.79. The molecule has 0 aliphatic rings. The molecule has 8 heteroatoms. The van der Waals surface area contributed by atoms with Gasteiger partial charge in [0.25, 0.3) is 5.95 Å². The zero-order valence-corrected chi connectivity index (χ0v) is 10.4. The summed E-state index contributed by atoms with van der Waals surface area (Å²) in [4.78, 5) is 8.15. The second-order valence-electron chi connectivity index (χ2n) is 3.98. The minimum atomic E-state index is -4.42. The van der Waals surface area contributed by atoms with Crippen molar-refractivity contribution in [2.24, 2.45) is 0 Å². The van der Waals surface area contributed by atoms with Crippen LogP contribution in [0, 0.1) is 6.92 Å². The van der Waals surface area contributed by atoms with Gasteiger partial charge in [0.1, 0.15) is 0 Å². The number of aromatic nitrogens is 4. The smallest absolute Gasteiger partial charge is 0.316 e. The van der Waals surface area contributed by atoms with Gasteiger partial charge in [-0.25, -0.2) is 14.6 Å². The van der Waals surface area contributed by atoms with Crippen molar-refractivity contribution >= 4 is 0 Å². The minimum absolute atomic E-state index is 0.118. The molecule has 0 amide bonds. The Kier molecular flexibility index (Phi) is 3.52. The van der Waals surface area contributed by atoms with Crippen LogP contribution in [-0.2, 0) is 12.7 Å². The first-order valence-electron chi connectivity index (χ1n) is 5.51. The summed E-state index contributed by atoms with van der Waals surface area (Å²) < 4.78 is 38.4. The third-order valence-electron chi connectivity index (χ3n) is 2.55. The number of alkyl halides is 3. The Morgan fingerprint density at radius 3 is 2.58 bits per heavy atom. The Bertz CT molecular complexity index is 576. The molecule has 1 N–H and O–H groups in total. The molecule has 0 aromatic carbocycles. The summed E-state index contributed by atoms with van der Waals surface area (Å²) >= 11 is 0. The van der Waals surface area contributed by atoms with Crippen molar-refractivity contribution in [2.45, 2.75) is 19.6 Å². The number of aryl methyl sites for hydroxylation is 1. The lowest BCUT2D eigenvalue weighted by Crippen LogP contribution is -2.11. The number of rotatable bonds is 3. The molecule has 0 aliphatic carbocycles. The van der Waals surface area contributed by atoms with E-state index in [9.17, 15) is 13.2 Å². The van der Waals surface area contributed by atoms with E-state index in [1.54, 1.807) is 20.2 Å². The van der Waals surface area contributed by atoms with Gasteiger partial charge in [0.15, 0.2) is 0 Å². The third kappa shape index (κ3) is 2.90. The molecule has 0 aliphatic heterocycles. The van der Waals surface area contributed by atoms with Crippen LogP contribution in [0.15, 0.2) is 18.6 Å². The maximum Gasteiger partial charge on any atom is 0.419 e. The molecule has 0 saturated heterocycles. The predicted octanol–water partition coefficient (Wildman–Crippen LogP) is 1.71. The highest BCUT2D eigenvalue weighted by Crippen LogP contribution is 2.28. The van der Waals surface area contributed by atoms with Gasteiger partial charge in [0, 0.05) is 30.2 Å². The topological polar surface area (TPSA) is 55.6 Å². The van der Waals surface area contributed by atoms with Crippen molar-refractivity contribution < 1.29 is 13.2 Å². The van der Waals surface area contributed by atoms with Crippen molar-refractivity contribution in [3.63, 3.8) is 0 Å². The first kappa shape index (κ1) is 13.5. The quantitative estimate of drug-likeness (QED) is 0.923. The van der Waals surface area contributed by atoms with E-state index in [0.29, 0.717) is 12.2 Å². The second-order valence-corrected chi connectivity index (χ2v) is 3.98. The van der Waals surface area contributed by atoms with Gasteiger partial charge in [0.05, 0.1) is 11.8 Å². The highest BCUT2D eigenvalue weighted by Gasteiger charge is 2.32. The van der Waals surface area contributed by atoms with Crippen LogP contribution in [0.2, 0.25) is 0 Å². The Morgan fingerprint density at radius 1 is 1.32 bits per heavy atom. The van der Waals surface area contributed by atoms with Gasteiger partial charge in [-0.2, -0.15) is 18.3 Å². The largest absolute Gasteiger partial charge is 0.419 e. The van der Waals surface area contributed by atoms with Crippen molar-refractivity contribution in [1.82, 2.24) is 25.1 Å². The second kappa shape index (κ2) is 4.96. The molecular formula is C11H12F3N5. The van der Waals surface area contributed by atoms with Crippen molar-refractivity contribution in [2.75, 3.05) is 7.05 Å². The van der Waals surface area contributed by atoms with Crippen LogP contribution >= 0.6 is 0 Å². The van der Waals surface area contributed by atoms with Gasteiger partial charge in [-0.1, -0.05) is 0 Å². The van der Waals surface area contributed by atoms with Gasteiger partial charge in [-0.3, -0.25) is 0 Å². The Morgan fingerprint density at radius 2 is 2.05 bits per heavy atom. The van der Waals surface area contributed by atoms with Gasteiger partial charge >= 0.3 is 6.18 Å². The molecule has 0 spiro atoms. The van der Waals surface area contributed by atoms with Gasteiger partial charge < -0.3 is 5.32 Å². The monoisotopic (exact) mass is 271 g/mol. The van der Waals surface area contributed by atoms with Gasteiger partial charge in [-0.15, -0.1) is 0 Å². The molecule has 0 unspecified atom stereocenters. The first-order chi connectivity index (χ1) is 8.91. The van der Waals surface area contributed by atoms with Crippen molar-refractivity contribution in [3.05, 3.63) is 35.4 Å². The molecule has 102 valence electrons. The fourth-order valence-electron chi connectivity index (χ4n) is 1.53. The van der Waals surface area contributed by atoms with Crippen LogP contribution in [0.5, 0.6) is 0 Å². The molecule has 0 atom stereocenters. The highest BCUT2D eigenvalue weighted by atomic mass is 19.4. The molecule has 2 rings (SSSR count). The van der Waals surface area contributed by atoms with E-state index in [2.05, 4.69) is 20.4 Å². The van der Waals surface area contributed by atoms with E-state index in [4.69, 9.17) is 0 Å². The molecule has 5 nitrogen and oxygen atoms in total. The third-order valence-corrected chi connectivity index (χ3v) is 2.55. The summed E-state index contributed by atoms with van der Waals surface area (Å²) in [6.07, 6.45) is -1.23. The van der Waals surface area contributed by atoms with E-state index in [1.165, 1.54) is 0 Å². The number of halogens is 3. The van der Waals surface area contributed by atoms with E-state index < -0.39 is 11.7 Å². The molecule has 2 aromatic heterocycles. The predicted molar refractivity (Wildman–Crippen MR) is 61.7 cm³/mol. The molecule has 2 aromatic rings. The summed E-state index contributed by atoms with van der Waals surface area (Å²) in [6.45, 7) is 2.37. The summed E-state index contributed by atoms with van der Waals surface area (Å²) in [5.74, 6) is 0.118. The lowest BCUT2D eigenvalue weighted by atomic mass is 10.2. The molecule has 19 heavy (non-hydrogen) atoms. The average molecular weight is 271 g/mol. The standard InChI is InChI=1S/C11H12F3N5/c1-7-8(3-15-2)4-16-10(18-7)19-6-9(5-17-19)11(12,13)14/h4-6,15H,3H2,1-2H3. The van der Waals surface area contributed by atoms with Crippen LogP contribution in [0.1, 0.15) is 16.8 Å². The van der Waals surface area contributed by atoms with E-state index in [-0.39, 0.29) is 5.95 Å². The number of hydrogen-bond donors (Lipinski definition) is 1. The Balaban J connectivity index is 2.32. The molecule has 0 saturated carbocycles. The van der Waals surface area contributed by atoms with Crippen LogP contribution in [0.25, 0.3) is 5.95 Å². The zero-order chi connectivity index (χ0) is 14.0. The summed E-state index contributed by atoms with van der Waals surface area (Å²) in [6, 6.07) is 0. The molecule has 0 fully saturated rings. The molecule has 0 radical (unpaired) electrons. The zero-order valence-electron chi connectivity index (χ0n) is 10.4. The number of nitrogens with zero attached hydrogens (tertiary/aromatic N) is 4. The first-order valence-corrected chi connectivity index (χ1v) is 5.51. The molecular weight excluding hydrogens is 259 g/mol. The van der Waals surface area contributed by atoms with Crippen LogP contribution in [0.3, 0.4) is 0 Å². The normalized spacial score (nSPS) is 11.8. The van der Waals surface area contributed by atoms with Crippen molar-refractivity contribution in [3.8, 4) is 5.95 Å². The Hall–Kier alpha value is -1.96. The number of hydrogen-bond acceptors (Lipinski definition) is 4. The maximum absolute atomic E-state index is 12.5. The number of nitrogens with one attached hydrogen (secondary N) is 1. The lowest BCUT2D eigenvalue weighted by Gasteiger charge is -2.06.